The summed E-state index contributed by atoms with van der Waals surface area (Å²) in [6, 6.07) is 0. The molecule has 0 aromatic carbocycles. The number of nitrogens with zero attached hydrogens (tertiary/aromatic N) is 1. The third kappa shape index (κ3) is 1.41. The minimum Gasteiger partial charge on any atom is -0.514 e. The van der Waals surface area contributed by atoms with Gasteiger partial charge in [-0.1, -0.05) is 43.9 Å². The summed E-state index contributed by atoms with van der Waals surface area (Å²) in [5.41, 5.74) is 0. The molecule has 5 atom stereocenters. The van der Waals surface area contributed by atoms with Crippen LogP contribution in [-0.4, -0.2) is 30.3 Å². The molecule has 6 heterocycles. The van der Waals surface area contributed by atoms with E-state index in [0.29, 0.717) is 0 Å². The van der Waals surface area contributed by atoms with Crippen LogP contribution in [0.5, 0.6) is 0 Å². The topological polar surface area (TPSA) is 0 Å². The maximum atomic E-state index is 2.72. The predicted octanol–water partition coefficient (Wildman–Crippen LogP) is 4.26. The predicted molar refractivity (Wildman–Crippen MR) is 88.3 cm³/mol. The number of quaternary nitrogens is 1. The smallest absolute Gasteiger partial charge is 0.213 e. The normalized spacial score (nSPS) is 67.0. The molecule has 1 nitrogen and oxygen atoms in total. The van der Waals surface area contributed by atoms with Crippen LogP contribution in [0, 0.1) is 35.5 Å². The van der Waals surface area contributed by atoms with Crippen LogP contribution >= 0.6 is 0 Å². The minimum atomic E-state index is -0.0635. The number of hydrogen-bond acceptors (Lipinski definition) is 0. The van der Waals surface area contributed by atoms with Crippen LogP contribution in [0.1, 0.15) is 45.4 Å². The van der Waals surface area contributed by atoms with Gasteiger partial charge < -0.3 is 4.39 Å². The van der Waals surface area contributed by atoms with Crippen LogP contribution in [0.25, 0.3) is 0 Å². The van der Waals surface area contributed by atoms with Gasteiger partial charge in [-0.15, -0.1) is 18.5 Å². The fourth-order valence-electron chi connectivity index (χ4n) is 10.1. The zero-order valence-corrected chi connectivity index (χ0v) is 13.8. The van der Waals surface area contributed by atoms with Gasteiger partial charge in [-0.3, -0.25) is 0 Å². The lowest BCUT2D eigenvalue weighted by Crippen LogP contribution is -2.81. The average Bonchev–Trinajstić information content (AvgIpc) is 2.42. The van der Waals surface area contributed by atoms with E-state index in [4.69, 9.17) is 0 Å². The lowest BCUT2D eigenvalue weighted by atomic mass is 9.11. The number of hydrogen-bond donors (Lipinski definition) is 0. The molecule has 0 amide bonds. The van der Waals surface area contributed by atoms with E-state index in [-0.39, 0.29) is 6.28 Å². The zero-order valence-electron chi connectivity index (χ0n) is 13.8. The lowest BCUT2D eigenvalue weighted by molar-refractivity contribution is -0.869. The van der Waals surface area contributed by atoms with E-state index in [2.05, 4.69) is 6.92 Å². The molecule has 21 heavy (non-hydrogen) atoms. The van der Waals surface area contributed by atoms with Crippen molar-refractivity contribution in [3.8, 4) is 0 Å². The monoisotopic (exact) mass is 285 g/mol. The summed E-state index contributed by atoms with van der Waals surface area (Å²) in [4.78, 5) is 0. The Morgan fingerprint density at radius 1 is 0.667 bits per heavy atom. The molecule has 8 aliphatic rings. The van der Waals surface area contributed by atoms with Gasteiger partial charge in [0.15, 0.2) is 0 Å². The molecule has 2 saturated carbocycles. The van der Waals surface area contributed by atoms with Crippen molar-refractivity contribution in [2.75, 3.05) is 19.6 Å². The summed E-state index contributed by atoms with van der Waals surface area (Å²) < 4.78 is 1.70. The third-order valence-electron chi connectivity index (χ3n) is 10.1. The number of piperidine rings is 3. The molecule has 8 bridgehead atoms. The van der Waals surface area contributed by atoms with Gasteiger partial charge in [0, 0.05) is 37.4 Å². The highest BCUT2D eigenvalue weighted by Crippen LogP contribution is 2.65. The Labute approximate surface area is 130 Å². The summed E-state index contributed by atoms with van der Waals surface area (Å²) in [6.45, 7) is 7.61. The van der Waals surface area contributed by atoms with Crippen molar-refractivity contribution in [2.45, 2.75) is 63.9 Å². The quantitative estimate of drug-likeness (QED) is 0.632. The average molecular weight is 285 g/mol. The Balaban J connectivity index is 1.47. The van der Waals surface area contributed by atoms with E-state index in [1.807, 2.05) is 0 Å². The molecule has 8 fully saturated rings. The van der Waals surface area contributed by atoms with Gasteiger partial charge in [0.05, 0.1) is 0 Å². The van der Waals surface area contributed by atoms with Crippen LogP contribution in [0.4, 0.5) is 0 Å². The maximum Gasteiger partial charge on any atom is 0.213 e. The summed E-state index contributed by atoms with van der Waals surface area (Å²) in [7, 11) is 0. The molecule has 0 aromatic rings. The second kappa shape index (κ2) is 3.74. The van der Waals surface area contributed by atoms with Crippen molar-refractivity contribution in [1.82, 2.24) is 0 Å². The standard InChI is InChI=1S/C19H32BN/c1-13-19-6-14-2-15(7-19)9-20(13,8-14)21-10-16-3-17(11-21)5-18(4-16)12-21/h13-19H,2-12H2,1H3/t13-,14-,15+,16?,17?,18?,19?,20?,21?/m1/s1. The fraction of sp³-hybridized carbons (Fsp3) is 1.00. The Morgan fingerprint density at radius 3 is 1.67 bits per heavy atom. The van der Waals surface area contributed by atoms with Crippen molar-refractivity contribution >= 4 is 6.28 Å². The molecular formula is C19H32BN. The second-order valence-corrected chi connectivity index (χ2v) is 10.9. The van der Waals surface area contributed by atoms with E-state index in [0.717, 1.165) is 41.3 Å². The molecule has 2 aliphatic carbocycles. The van der Waals surface area contributed by atoms with Gasteiger partial charge >= 0.3 is 0 Å². The van der Waals surface area contributed by atoms with Crippen LogP contribution in [0.2, 0.25) is 18.5 Å². The van der Waals surface area contributed by atoms with E-state index in [9.17, 15) is 0 Å². The molecule has 6 aliphatic heterocycles. The highest BCUT2D eigenvalue weighted by molar-refractivity contribution is 6.75. The van der Waals surface area contributed by atoms with E-state index in [1.54, 1.807) is 75.2 Å². The highest BCUT2D eigenvalue weighted by atomic mass is 15.4. The van der Waals surface area contributed by atoms with Crippen molar-refractivity contribution in [3.63, 3.8) is 0 Å². The summed E-state index contributed by atoms with van der Waals surface area (Å²) in [5.74, 6) is 7.97. The van der Waals surface area contributed by atoms with Crippen LogP contribution in [0.3, 0.4) is 0 Å². The van der Waals surface area contributed by atoms with Gasteiger partial charge in [0.25, 0.3) is 0 Å². The van der Waals surface area contributed by atoms with E-state index in [1.165, 1.54) is 0 Å². The highest BCUT2D eigenvalue weighted by Gasteiger charge is 2.64. The molecule has 0 spiro atoms. The van der Waals surface area contributed by atoms with Crippen LogP contribution in [-0.2, 0) is 0 Å². The van der Waals surface area contributed by atoms with Crippen LogP contribution in [0.15, 0.2) is 0 Å². The van der Waals surface area contributed by atoms with Crippen molar-refractivity contribution < 1.29 is 4.39 Å². The molecule has 2 unspecified atom stereocenters. The molecular weight excluding hydrogens is 253 g/mol. The Hall–Kier alpha value is 0.0249. The molecule has 6 saturated heterocycles. The molecule has 8 rings (SSSR count). The van der Waals surface area contributed by atoms with Crippen molar-refractivity contribution in [1.29, 1.82) is 0 Å². The molecule has 2 heteroatoms. The van der Waals surface area contributed by atoms with E-state index < -0.39 is 0 Å². The van der Waals surface area contributed by atoms with Crippen molar-refractivity contribution in [3.05, 3.63) is 0 Å². The van der Waals surface area contributed by atoms with Gasteiger partial charge in [-0.05, 0) is 19.3 Å². The maximum absolute atomic E-state index is 2.72. The fourth-order valence-corrected chi connectivity index (χ4v) is 10.1. The molecule has 0 aromatic heterocycles. The van der Waals surface area contributed by atoms with Gasteiger partial charge in [0.1, 0.15) is 0 Å². The first-order valence-corrected chi connectivity index (χ1v) is 10.2. The van der Waals surface area contributed by atoms with Gasteiger partial charge in [-0.2, -0.15) is 0 Å². The summed E-state index contributed by atoms with van der Waals surface area (Å²) in [6.07, 6.45) is 13.1. The van der Waals surface area contributed by atoms with Crippen LogP contribution < -0.4 is 0 Å². The first kappa shape index (κ1) is 12.4. The second-order valence-electron chi connectivity index (χ2n) is 10.9. The minimum absolute atomic E-state index is 0.0635. The van der Waals surface area contributed by atoms with Crippen molar-refractivity contribution in [2.24, 2.45) is 35.5 Å². The number of rotatable bonds is 1. The summed E-state index contributed by atoms with van der Waals surface area (Å²) >= 11 is 0. The molecule has 0 radical (unpaired) electrons. The SMILES string of the molecule is C[C@@H]1C2C[C@@H]3C[C@H](C2)C[B-]1([N+]12CC4CC(CC(C4)C1)C2)C3. The first-order valence-electron chi connectivity index (χ1n) is 10.2. The molecule has 116 valence electrons. The first-order chi connectivity index (χ1) is 10.2. The Morgan fingerprint density at radius 2 is 1.14 bits per heavy atom. The Kier molecular flexibility index (Phi) is 2.22. The Bertz CT molecular complexity index is 437. The lowest BCUT2D eigenvalue weighted by Gasteiger charge is -2.77. The van der Waals surface area contributed by atoms with E-state index >= 15 is 0 Å². The third-order valence-corrected chi connectivity index (χ3v) is 10.1. The van der Waals surface area contributed by atoms with Gasteiger partial charge in [-0.25, -0.2) is 0 Å². The largest absolute Gasteiger partial charge is 0.514 e. The zero-order chi connectivity index (χ0) is 13.8. The van der Waals surface area contributed by atoms with Gasteiger partial charge in [0.2, 0.25) is 6.28 Å². The summed E-state index contributed by atoms with van der Waals surface area (Å²) in [5, 5.41) is 0. The molecule has 0 N–H and O–H groups in total.